The average molecular weight is 398 g/mol. The van der Waals surface area contributed by atoms with Crippen LogP contribution in [0.4, 0.5) is 0 Å². The molecule has 1 unspecified atom stereocenters. The second-order valence-electron chi connectivity index (χ2n) is 4.69. The van der Waals surface area contributed by atoms with Crippen LogP contribution in [-0.2, 0) is 0 Å². The topological polar surface area (TPSA) is 56.5 Å². The zero-order valence-corrected chi connectivity index (χ0v) is 14.5. The molecular weight excluding hydrogens is 379 g/mol. The molecule has 4 nitrogen and oxygen atoms in total. The van der Waals surface area contributed by atoms with Gasteiger partial charge in [-0.1, -0.05) is 18.2 Å². The van der Waals surface area contributed by atoms with Gasteiger partial charge in [-0.05, 0) is 52.8 Å². The molecule has 0 heterocycles. The molecule has 0 spiro atoms. The van der Waals surface area contributed by atoms with Gasteiger partial charge in [0.15, 0.2) is 0 Å². The molecule has 5 heteroatoms. The molecule has 2 rings (SSSR count). The number of hydrazine groups is 1. The lowest BCUT2D eigenvalue weighted by atomic mass is 9.97. The molecule has 3 N–H and O–H groups in total. The molecule has 0 bridgehead atoms. The third kappa shape index (κ3) is 3.30. The van der Waals surface area contributed by atoms with E-state index in [1.54, 1.807) is 14.2 Å². The first-order chi connectivity index (χ1) is 10.1. The number of aryl methyl sites for hydroxylation is 1. The van der Waals surface area contributed by atoms with Gasteiger partial charge in [0.1, 0.15) is 11.5 Å². The van der Waals surface area contributed by atoms with Crippen LogP contribution in [0, 0.1) is 10.5 Å². The molecule has 0 aromatic heterocycles. The standard InChI is InChI=1S/C16H19IN2O2/c1-10-5-4-6-13(15(10)17)16(19-18)12-8-7-11(20-2)9-14(12)21-3/h4-9,16,19H,18H2,1-3H3. The summed E-state index contributed by atoms with van der Waals surface area (Å²) < 4.78 is 11.9. The van der Waals surface area contributed by atoms with E-state index in [9.17, 15) is 0 Å². The Balaban J connectivity index is 2.53. The van der Waals surface area contributed by atoms with E-state index in [4.69, 9.17) is 15.3 Å². The van der Waals surface area contributed by atoms with E-state index in [1.165, 1.54) is 9.13 Å². The van der Waals surface area contributed by atoms with Gasteiger partial charge < -0.3 is 9.47 Å². The van der Waals surface area contributed by atoms with Crippen LogP contribution in [0.15, 0.2) is 36.4 Å². The quantitative estimate of drug-likeness (QED) is 0.462. The number of hydrogen-bond acceptors (Lipinski definition) is 4. The molecule has 2 aromatic carbocycles. The molecule has 0 saturated carbocycles. The molecule has 112 valence electrons. The normalized spacial score (nSPS) is 12.0. The summed E-state index contributed by atoms with van der Waals surface area (Å²) in [4.78, 5) is 0. The second kappa shape index (κ2) is 7.11. The van der Waals surface area contributed by atoms with Crippen molar-refractivity contribution in [3.63, 3.8) is 0 Å². The molecule has 0 aliphatic rings. The largest absolute Gasteiger partial charge is 0.497 e. The van der Waals surface area contributed by atoms with E-state index in [-0.39, 0.29) is 6.04 Å². The van der Waals surface area contributed by atoms with Gasteiger partial charge in [0.25, 0.3) is 0 Å². The van der Waals surface area contributed by atoms with Crippen LogP contribution >= 0.6 is 22.6 Å². The first-order valence-corrected chi connectivity index (χ1v) is 7.63. The van der Waals surface area contributed by atoms with Crippen molar-refractivity contribution in [1.82, 2.24) is 5.43 Å². The Morgan fingerprint density at radius 3 is 2.48 bits per heavy atom. The molecule has 2 aromatic rings. The van der Waals surface area contributed by atoms with Gasteiger partial charge in [-0.2, -0.15) is 0 Å². The summed E-state index contributed by atoms with van der Waals surface area (Å²) in [6.07, 6.45) is 0. The van der Waals surface area contributed by atoms with Crippen LogP contribution in [-0.4, -0.2) is 14.2 Å². The number of rotatable bonds is 5. The third-order valence-corrected chi connectivity index (χ3v) is 4.92. The Morgan fingerprint density at radius 2 is 1.86 bits per heavy atom. The molecule has 1 atom stereocenters. The van der Waals surface area contributed by atoms with E-state index >= 15 is 0 Å². The Labute approximate surface area is 138 Å². The summed E-state index contributed by atoms with van der Waals surface area (Å²) in [7, 11) is 3.28. The van der Waals surface area contributed by atoms with Crippen molar-refractivity contribution < 1.29 is 9.47 Å². The fourth-order valence-corrected chi connectivity index (χ4v) is 2.97. The maximum atomic E-state index is 5.81. The van der Waals surface area contributed by atoms with Gasteiger partial charge in [-0.15, -0.1) is 0 Å². The predicted molar refractivity (Wildman–Crippen MR) is 92.6 cm³/mol. The molecule has 21 heavy (non-hydrogen) atoms. The highest BCUT2D eigenvalue weighted by atomic mass is 127. The number of hydrogen-bond donors (Lipinski definition) is 2. The number of nitrogens with two attached hydrogens (primary N) is 1. The molecule has 0 saturated heterocycles. The minimum Gasteiger partial charge on any atom is -0.497 e. The van der Waals surface area contributed by atoms with Crippen molar-refractivity contribution in [3.8, 4) is 11.5 Å². The number of benzene rings is 2. The van der Waals surface area contributed by atoms with Gasteiger partial charge in [0.05, 0.1) is 20.3 Å². The van der Waals surface area contributed by atoms with Crippen molar-refractivity contribution in [2.24, 2.45) is 5.84 Å². The highest BCUT2D eigenvalue weighted by Crippen LogP contribution is 2.34. The van der Waals surface area contributed by atoms with Gasteiger partial charge >= 0.3 is 0 Å². The summed E-state index contributed by atoms with van der Waals surface area (Å²) in [6, 6.07) is 11.8. The first-order valence-electron chi connectivity index (χ1n) is 6.55. The number of ether oxygens (including phenoxy) is 2. The summed E-state index contributed by atoms with van der Waals surface area (Å²) in [5.74, 6) is 7.31. The third-order valence-electron chi connectivity index (χ3n) is 3.45. The summed E-state index contributed by atoms with van der Waals surface area (Å²) in [6.45, 7) is 2.09. The Hall–Kier alpha value is -1.31. The van der Waals surface area contributed by atoms with E-state index in [0.29, 0.717) is 0 Å². The van der Waals surface area contributed by atoms with Gasteiger partial charge in [-0.25, -0.2) is 5.43 Å². The van der Waals surface area contributed by atoms with Crippen LogP contribution in [0.25, 0.3) is 0 Å². The minimum atomic E-state index is -0.141. The monoisotopic (exact) mass is 398 g/mol. The molecule has 0 radical (unpaired) electrons. The summed E-state index contributed by atoms with van der Waals surface area (Å²) >= 11 is 2.35. The zero-order chi connectivity index (χ0) is 15.4. The lowest BCUT2D eigenvalue weighted by molar-refractivity contribution is 0.387. The van der Waals surface area contributed by atoms with E-state index in [0.717, 1.165) is 22.6 Å². The fraction of sp³-hybridized carbons (Fsp3) is 0.250. The Bertz CT molecular complexity index is 632. The zero-order valence-electron chi connectivity index (χ0n) is 12.3. The average Bonchev–Trinajstić information content (AvgIpc) is 2.52. The SMILES string of the molecule is COc1ccc(C(NN)c2cccc(C)c2I)c(OC)c1. The maximum absolute atomic E-state index is 5.81. The van der Waals surface area contributed by atoms with Gasteiger partial charge in [0.2, 0.25) is 0 Å². The van der Waals surface area contributed by atoms with Crippen molar-refractivity contribution in [1.29, 1.82) is 0 Å². The lowest BCUT2D eigenvalue weighted by Gasteiger charge is -2.22. The van der Waals surface area contributed by atoms with Crippen molar-refractivity contribution in [2.45, 2.75) is 13.0 Å². The number of nitrogens with one attached hydrogen (secondary N) is 1. The highest BCUT2D eigenvalue weighted by Gasteiger charge is 2.20. The van der Waals surface area contributed by atoms with Crippen molar-refractivity contribution in [2.75, 3.05) is 14.2 Å². The summed E-state index contributed by atoms with van der Waals surface area (Å²) in [5, 5.41) is 0. The smallest absolute Gasteiger partial charge is 0.127 e. The molecule has 0 aliphatic heterocycles. The van der Waals surface area contributed by atoms with E-state index in [1.807, 2.05) is 24.3 Å². The Morgan fingerprint density at radius 1 is 1.10 bits per heavy atom. The maximum Gasteiger partial charge on any atom is 0.127 e. The molecular formula is C16H19IN2O2. The second-order valence-corrected chi connectivity index (χ2v) is 5.76. The number of halogens is 1. The van der Waals surface area contributed by atoms with Gasteiger partial charge in [0, 0.05) is 15.2 Å². The summed E-state index contributed by atoms with van der Waals surface area (Å²) in [5.41, 5.74) is 6.21. The van der Waals surface area contributed by atoms with Crippen LogP contribution < -0.4 is 20.7 Å². The van der Waals surface area contributed by atoms with Crippen molar-refractivity contribution in [3.05, 3.63) is 56.7 Å². The number of methoxy groups -OCH3 is 2. The predicted octanol–water partition coefficient (Wildman–Crippen LogP) is 3.17. The van der Waals surface area contributed by atoms with Crippen LogP contribution in [0.2, 0.25) is 0 Å². The van der Waals surface area contributed by atoms with E-state index < -0.39 is 0 Å². The minimum absolute atomic E-state index is 0.141. The Kier molecular flexibility index (Phi) is 5.44. The first kappa shape index (κ1) is 16.1. The highest BCUT2D eigenvalue weighted by molar-refractivity contribution is 14.1. The van der Waals surface area contributed by atoms with Crippen LogP contribution in [0.5, 0.6) is 11.5 Å². The fourth-order valence-electron chi connectivity index (χ4n) is 2.30. The van der Waals surface area contributed by atoms with Crippen molar-refractivity contribution >= 4 is 22.6 Å². The lowest BCUT2D eigenvalue weighted by Crippen LogP contribution is -2.30. The van der Waals surface area contributed by atoms with Gasteiger partial charge in [-0.3, -0.25) is 5.84 Å². The molecule has 0 amide bonds. The molecule has 0 aliphatic carbocycles. The van der Waals surface area contributed by atoms with E-state index in [2.05, 4.69) is 47.1 Å². The molecule has 0 fully saturated rings. The van der Waals surface area contributed by atoms with Crippen LogP contribution in [0.3, 0.4) is 0 Å². The van der Waals surface area contributed by atoms with Crippen LogP contribution in [0.1, 0.15) is 22.7 Å².